The van der Waals surface area contributed by atoms with E-state index >= 15 is 0 Å². The topological polar surface area (TPSA) is 78.9 Å². The van der Waals surface area contributed by atoms with Crippen LogP contribution in [0.2, 0.25) is 0 Å². The summed E-state index contributed by atoms with van der Waals surface area (Å²) in [6.45, 7) is 6.50. The Morgan fingerprint density at radius 2 is 0.470 bits per heavy atom. The summed E-state index contributed by atoms with van der Waals surface area (Å²) < 4.78 is 16.9. The lowest BCUT2D eigenvalue weighted by molar-refractivity contribution is -0.167. The molecule has 0 bridgehead atoms. The summed E-state index contributed by atoms with van der Waals surface area (Å²) in [5.74, 6) is -0.932. The Hall–Kier alpha value is -3.41. The molecule has 1 atom stereocenters. The van der Waals surface area contributed by atoms with Crippen molar-refractivity contribution in [3.63, 3.8) is 0 Å². The molecule has 1 unspecified atom stereocenters. The third-order valence-corrected chi connectivity index (χ3v) is 15.9. The Bertz CT molecular complexity index is 1570. The van der Waals surface area contributed by atoms with Gasteiger partial charge in [0.25, 0.3) is 0 Å². The minimum Gasteiger partial charge on any atom is -0.462 e. The quantitative estimate of drug-likeness (QED) is 0.0261. The zero-order chi connectivity index (χ0) is 59.9. The highest BCUT2D eigenvalue weighted by molar-refractivity contribution is 5.71. The average molecular weight is 1160 g/mol. The van der Waals surface area contributed by atoms with E-state index < -0.39 is 6.10 Å². The molecule has 0 aliphatic carbocycles. The van der Waals surface area contributed by atoms with Crippen LogP contribution in [0, 0.1) is 0 Å². The van der Waals surface area contributed by atoms with Gasteiger partial charge in [0.2, 0.25) is 0 Å². The molecule has 83 heavy (non-hydrogen) atoms. The van der Waals surface area contributed by atoms with Crippen molar-refractivity contribution >= 4 is 17.9 Å². The van der Waals surface area contributed by atoms with Gasteiger partial charge in [0, 0.05) is 19.3 Å². The second kappa shape index (κ2) is 71.1. The number of carbonyl (C=O) groups excluding carboxylic acids is 3. The maximum atomic E-state index is 12.9. The first kappa shape index (κ1) is 79.6. The van der Waals surface area contributed by atoms with Crippen molar-refractivity contribution < 1.29 is 28.6 Å². The van der Waals surface area contributed by atoms with E-state index in [2.05, 4.69) is 106 Å². The third-order valence-electron chi connectivity index (χ3n) is 15.9. The van der Waals surface area contributed by atoms with Crippen molar-refractivity contribution in [3.8, 4) is 0 Å². The lowest BCUT2D eigenvalue weighted by atomic mass is 10.0. The van der Waals surface area contributed by atoms with Crippen LogP contribution in [0.4, 0.5) is 0 Å². The van der Waals surface area contributed by atoms with Crippen LogP contribution >= 0.6 is 0 Å². The van der Waals surface area contributed by atoms with Gasteiger partial charge in [-0.15, -0.1) is 0 Å². The van der Waals surface area contributed by atoms with E-state index in [-0.39, 0.29) is 31.1 Å². The lowest BCUT2D eigenvalue weighted by Crippen LogP contribution is -2.30. The van der Waals surface area contributed by atoms with E-state index in [0.29, 0.717) is 19.3 Å². The fourth-order valence-corrected chi connectivity index (χ4v) is 10.5. The van der Waals surface area contributed by atoms with E-state index in [1.54, 1.807) is 0 Å². The van der Waals surface area contributed by atoms with Crippen molar-refractivity contribution in [2.75, 3.05) is 13.2 Å². The first-order chi connectivity index (χ1) is 41.0. The maximum absolute atomic E-state index is 12.9. The van der Waals surface area contributed by atoms with Crippen LogP contribution in [0.15, 0.2) is 85.1 Å². The molecule has 0 aromatic rings. The Kier molecular flexibility index (Phi) is 68.2. The summed E-state index contributed by atoms with van der Waals surface area (Å²) in [7, 11) is 0. The summed E-state index contributed by atoms with van der Waals surface area (Å²) in [5.41, 5.74) is 0. The molecular weight excluding hydrogens is 1020 g/mol. The molecule has 0 rings (SSSR count). The Labute approximate surface area is 515 Å². The highest BCUT2D eigenvalue weighted by atomic mass is 16.6. The molecule has 0 amide bonds. The normalized spacial score (nSPS) is 12.6. The molecule has 6 nitrogen and oxygen atoms in total. The first-order valence-corrected chi connectivity index (χ1v) is 36.1. The van der Waals surface area contributed by atoms with E-state index in [1.165, 1.54) is 218 Å². The van der Waals surface area contributed by atoms with E-state index in [0.717, 1.165) is 109 Å². The van der Waals surface area contributed by atoms with Gasteiger partial charge in [-0.25, -0.2) is 0 Å². The highest BCUT2D eigenvalue weighted by Crippen LogP contribution is 2.18. The van der Waals surface area contributed by atoms with Crippen LogP contribution in [0.25, 0.3) is 0 Å². The molecule has 0 saturated carbocycles. The van der Waals surface area contributed by atoms with Gasteiger partial charge >= 0.3 is 17.9 Å². The van der Waals surface area contributed by atoms with Crippen molar-refractivity contribution in [2.45, 2.75) is 374 Å². The van der Waals surface area contributed by atoms with Gasteiger partial charge in [-0.1, -0.05) is 337 Å². The molecule has 0 aliphatic heterocycles. The standard InChI is InChI=1S/C77H136O6/c1-4-7-10-13-16-19-22-25-28-30-32-33-34-35-36-37-38-39-40-41-42-43-45-46-49-52-55-58-61-64-67-70-76(79)82-73-74(72-81-75(78)69-66-63-60-57-54-51-48-27-24-21-18-15-12-9-6-3)83-77(80)71-68-65-62-59-56-53-50-47-44-31-29-26-23-20-17-14-11-8-5-2/h9,12,17-18,20-21,26-27,29,44,47-48,54,57,74H,4-8,10-11,13-16,19,22-25,28,30-43,45-46,49-53,55-56,58-73H2,1-3H3/b12-9-,20-17-,21-18-,29-26-,47-44-,48-27-,57-54-. The summed E-state index contributed by atoms with van der Waals surface area (Å²) in [4.78, 5) is 38.4. The maximum Gasteiger partial charge on any atom is 0.306 e. The van der Waals surface area contributed by atoms with Crippen LogP contribution in [-0.4, -0.2) is 37.2 Å². The van der Waals surface area contributed by atoms with Crippen molar-refractivity contribution in [1.82, 2.24) is 0 Å². The van der Waals surface area contributed by atoms with Crippen LogP contribution in [0.3, 0.4) is 0 Å². The van der Waals surface area contributed by atoms with Gasteiger partial charge < -0.3 is 14.2 Å². The number of hydrogen-bond acceptors (Lipinski definition) is 6. The number of rotatable bonds is 66. The number of carbonyl (C=O) groups is 3. The summed E-state index contributed by atoms with van der Waals surface area (Å²) in [6, 6.07) is 0. The third kappa shape index (κ3) is 69.3. The van der Waals surface area contributed by atoms with Crippen molar-refractivity contribution in [2.24, 2.45) is 0 Å². The molecule has 0 spiro atoms. The highest BCUT2D eigenvalue weighted by Gasteiger charge is 2.19. The number of allylic oxidation sites excluding steroid dienone is 14. The van der Waals surface area contributed by atoms with Gasteiger partial charge in [0.05, 0.1) is 0 Å². The molecule has 0 aliphatic rings. The van der Waals surface area contributed by atoms with Gasteiger partial charge in [0.1, 0.15) is 13.2 Å². The van der Waals surface area contributed by atoms with E-state index in [1.807, 2.05) is 0 Å². The first-order valence-electron chi connectivity index (χ1n) is 36.1. The van der Waals surface area contributed by atoms with E-state index in [9.17, 15) is 14.4 Å². The number of unbranched alkanes of at least 4 members (excludes halogenated alkanes) is 41. The number of ether oxygens (including phenoxy) is 3. The molecule has 0 aromatic carbocycles. The average Bonchev–Trinajstić information content (AvgIpc) is 3.50. The van der Waals surface area contributed by atoms with Gasteiger partial charge in [-0.2, -0.15) is 0 Å². The Morgan fingerprint density at radius 3 is 0.783 bits per heavy atom. The van der Waals surface area contributed by atoms with Gasteiger partial charge in [0.15, 0.2) is 6.10 Å². The van der Waals surface area contributed by atoms with E-state index in [4.69, 9.17) is 14.2 Å². The summed E-state index contributed by atoms with van der Waals surface area (Å²) in [6.07, 6.45) is 94.9. The van der Waals surface area contributed by atoms with Crippen molar-refractivity contribution in [1.29, 1.82) is 0 Å². The second-order valence-corrected chi connectivity index (χ2v) is 24.1. The Morgan fingerprint density at radius 1 is 0.253 bits per heavy atom. The summed E-state index contributed by atoms with van der Waals surface area (Å²) in [5, 5.41) is 0. The van der Waals surface area contributed by atoms with Crippen LogP contribution in [-0.2, 0) is 28.6 Å². The molecule has 0 saturated heterocycles. The van der Waals surface area contributed by atoms with Gasteiger partial charge in [-0.05, 0) is 96.3 Å². The lowest BCUT2D eigenvalue weighted by Gasteiger charge is -2.18. The SMILES string of the molecule is CC/C=C\C/C=C\C/C=C\C/C=C\CCCCC(=O)OCC(COC(=O)CCCCCCCCCCCCCCCCCCCCCCCCCCCCCCCCC)OC(=O)CCCCCCCC/C=C\C/C=C\C/C=C\CCCCC. The largest absolute Gasteiger partial charge is 0.462 e. The van der Waals surface area contributed by atoms with Crippen LogP contribution in [0.1, 0.15) is 367 Å². The molecule has 0 heterocycles. The molecule has 480 valence electrons. The fourth-order valence-electron chi connectivity index (χ4n) is 10.5. The smallest absolute Gasteiger partial charge is 0.306 e. The van der Waals surface area contributed by atoms with Crippen LogP contribution in [0.5, 0.6) is 0 Å². The number of esters is 3. The predicted octanol–water partition coefficient (Wildman–Crippen LogP) is 25.0. The fraction of sp³-hybridized carbons (Fsp3) is 0.779. The monoisotopic (exact) mass is 1160 g/mol. The molecule has 0 fully saturated rings. The molecular formula is C77H136O6. The molecule has 6 heteroatoms. The van der Waals surface area contributed by atoms with Gasteiger partial charge in [-0.3, -0.25) is 14.4 Å². The molecule has 0 aromatic heterocycles. The zero-order valence-corrected chi connectivity index (χ0v) is 55.2. The second-order valence-electron chi connectivity index (χ2n) is 24.1. The van der Waals surface area contributed by atoms with Crippen molar-refractivity contribution in [3.05, 3.63) is 85.1 Å². The van der Waals surface area contributed by atoms with Crippen LogP contribution < -0.4 is 0 Å². The summed E-state index contributed by atoms with van der Waals surface area (Å²) >= 11 is 0. The predicted molar refractivity (Wildman–Crippen MR) is 362 cm³/mol. The minimum atomic E-state index is -0.802. The number of hydrogen-bond donors (Lipinski definition) is 0. The zero-order valence-electron chi connectivity index (χ0n) is 55.2. The molecule has 0 radical (unpaired) electrons. The molecule has 0 N–H and O–H groups in total. The Balaban J connectivity index is 4.24. The minimum absolute atomic E-state index is 0.0927.